The van der Waals surface area contributed by atoms with E-state index in [-0.39, 0.29) is 11.9 Å². The van der Waals surface area contributed by atoms with Gasteiger partial charge in [0.15, 0.2) is 0 Å². The monoisotopic (exact) mass is 246 g/mol. The minimum atomic E-state index is -0.832. The predicted octanol–water partition coefficient (Wildman–Crippen LogP) is 2.21. The second kappa shape index (κ2) is 4.44. The summed E-state index contributed by atoms with van der Waals surface area (Å²) < 4.78 is 0. The van der Waals surface area contributed by atoms with E-state index in [9.17, 15) is 9.59 Å². The molecule has 0 aliphatic carbocycles. The third kappa shape index (κ3) is 1.52. The summed E-state index contributed by atoms with van der Waals surface area (Å²) in [4.78, 5) is 27.3. The van der Waals surface area contributed by atoms with Crippen LogP contribution in [-0.2, 0) is 10.3 Å². The number of hydrogen-bond donors (Lipinski definition) is 0. The van der Waals surface area contributed by atoms with Crippen LogP contribution in [0.4, 0.5) is 4.79 Å². The first-order chi connectivity index (χ1) is 8.55. The molecule has 4 nitrogen and oxygen atoms in total. The largest absolute Gasteiger partial charge is 0.327 e. The molecule has 18 heavy (non-hydrogen) atoms. The zero-order valence-corrected chi connectivity index (χ0v) is 11.0. The van der Waals surface area contributed by atoms with Crippen LogP contribution < -0.4 is 0 Å². The number of nitrogens with zero attached hydrogens (tertiary/aromatic N) is 2. The Hall–Kier alpha value is -1.84. The highest BCUT2D eigenvalue weighted by atomic mass is 16.2. The van der Waals surface area contributed by atoms with Crippen LogP contribution in [0.1, 0.15) is 25.3 Å². The third-order valence-corrected chi connectivity index (χ3v) is 3.67. The minimum Gasteiger partial charge on any atom is -0.308 e. The first-order valence-corrected chi connectivity index (χ1v) is 6.17. The van der Waals surface area contributed by atoms with E-state index in [1.165, 1.54) is 4.90 Å². The average molecular weight is 246 g/mol. The number of rotatable bonds is 3. The lowest BCUT2D eigenvalue weighted by atomic mass is 9.84. The van der Waals surface area contributed by atoms with Gasteiger partial charge in [-0.2, -0.15) is 0 Å². The fraction of sp³-hybridized carbons (Fsp3) is 0.429. The molecule has 0 saturated carbocycles. The van der Waals surface area contributed by atoms with Crippen molar-refractivity contribution in [1.29, 1.82) is 0 Å². The number of carbonyl (C=O) groups is 2. The normalized spacial score (nSPS) is 23.9. The summed E-state index contributed by atoms with van der Waals surface area (Å²) in [6.45, 7) is 2.02. The van der Waals surface area contributed by atoms with Crippen LogP contribution >= 0.6 is 0 Å². The molecule has 1 aromatic carbocycles. The van der Waals surface area contributed by atoms with Crippen molar-refractivity contribution in [3.8, 4) is 0 Å². The van der Waals surface area contributed by atoms with Gasteiger partial charge in [0.25, 0.3) is 5.91 Å². The molecule has 4 heteroatoms. The molecular weight excluding hydrogens is 228 g/mol. The highest BCUT2D eigenvalue weighted by molar-refractivity contribution is 6.07. The lowest BCUT2D eigenvalue weighted by molar-refractivity contribution is -0.133. The topological polar surface area (TPSA) is 40.6 Å². The molecule has 0 bridgehead atoms. The van der Waals surface area contributed by atoms with Gasteiger partial charge >= 0.3 is 6.03 Å². The van der Waals surface area contributed by atoms with Gasteiger partial charge in [-0.25, -0.2) is 4.79 Å². The Morgan fingerprint density at radius 3 is 2.17 bits per heavy atom. The Bertz CT molecular complexity index is 472. The maximum absolute atomic E-state index is 12.5. The van der Waals surface area contributed by atoms with Crippen molar-refractivity contribution in [2.24, 2.45) is 0 Å². The Kier molecular flexibility index (Phi) is 3.11. The predicted molar refractivity (Wildman–Crippen MR) is 69.0 cm³/mol. The van der Waals surface area contributed by atoms with E-state index < -0.39 is 5.54 Å². The van der Waals surface area contributed by atoms with Crippen LogP contribution in [0.15, 0.2) is 30.3 Å². The SMILES string of the molecule is CCCC1(c2ccccc2)C(=O)N(C)C(=O)N1C. The van der Waals surface area contributed by atoms with Crippen molar-refractivity contribution in [2.75, 3.05) is 14.1 Å². The number of urea groups is 1. The van der Waals surface area contributed by atoms with Crippen LogP contribution in [0.5, 0.6) is 0 Å². The summed E-state index contributed by atoms with van der Waals surface area (Å²) in [5.74, 6) is -0.136. The van der Waals surface area contributed by atoms with Crippen LogP contribution in [0.3, 0.4) is 0 Å². The van der Waals surface area contributed by atoms with Crippen molar-refractivity contribution >= 4 is 11.9 Å². The van der Waals surface area contributed by atoms with Gasteiger partial charge in [-0.05, 0) is 12.0 Å². The fourth-order valence-electron chi connectivity index (χ4n) is 2.71. The summed E-state index contributed by atoms with van der Waals surface area (Å²) in [5.41, 5.74) is 0.0547. The smallest absolute Gasteiger partial charge is 0.308 e. The van der Waals surface area contributed by atoms with E-state index in [4.69, 9.17) is 0 Å². The Morgan fingerprint density at radius 2 is 1.72 bits per heavy atom. The molecule has 1 atom stereocenters. The van der Waals surface area contributed by atoms with Crippen molar-refractivity contribution < 1.29 is 9.59 Å². The minimum absolute atomic E-state index is 0.136. The fourth-order valence-corrected chi connectivity index (χ4v) is 2.71. The summed E-state index contributed by atoms with van der Waals surface area (Å²) >= 11 is 0. The van der Waals surface area contributed by atoms with E-state index >= 15 is 0 Å². The third-order valence-electron chi connectivity index (χ3n) is 3.67. The zero-order valence-electron chi connectivity index (χ0n) is 11.0. The molecule has 0 N–H and O–H groups in total. The number of imide groups is 1. The second-order valence-corrected chi connectivity index (χ2v) is 4.68. The quantitative estimate of drug-likeness (QED) is 0.767. The number of benzene rings is 1. The van der Waals surface area contributed by atoms with Crippen LogP contribution in [0.25, 0.3) is 0 Å². The van der Waals surface area contributed by atoms with E-state index in [1.807, 2.05) is 37.3 Å². The van der Waals surface area contributed by atoms with Crippen LogP contribution in [0.2, 0.25) is 0 Å². The van der Waals surface area contributed by atoms with Gasteiger partial charge in [-0.15, -0.1) is 0 Å². The number of carbonyl (C=O) groups excluding carboxylic acids is 2. The molecule has 0 spiro atoms. The summed E-state index contributed by atoms with van der Waals surface area (Å²) in [6, 6.07) is 9.30. The molecule has 96 valence electrons. The van der Waals surface area contributed by atoms with Crippen LogP contribution in [-0.4, -0.2) is 35.8 Å². The van der Waals surface area contributed by atoms with E-state index in [0.29, 0.717) is 6.42 Å². The maximum atomic E-state index is 12.5. The highest BCUT2D eigenvalue weighted by Gasteiger charge is 2.54. The van der Waals surface area contributed by atoms with Crippen molar-refractivity contribution in [1.82, 2.24) is 9.80 Å². The van der Waals surface area contributed by atoms with Gasteiger partial charge in [0.1, 0.15) is 5.54 Å². The Labute approximate surface area is 107 Å². The number of hydrogen-bond acceptors (Lipinski definition) is 2. The molecule has 1 aliphatic heterocycles. The van der Waals surface area contributed by atoms with E-state index in [0.717, 1.165) is 12.0 Å². The van der Waals surface area contributed by atoms with Crippen molar-refractivity contribution in [3.05, 3.63) is 35.9 Å². The zero-order chi connectivity index (χ0) is 13.3. The standard InChI is InChI=1S/C14H18N2O2/c1-4-10-14(11-8-6-5-7-9-11)12(17)15(2)13(18)16(14)3/h5-9H,4,10H2,1-3H3. The number of amides is 3. The first kappa shape index (κ1) is 12.6. The number of likely N-dealkylation sites (N-methyl/N-ethyl adjacent to an activating group) is 2. The molecular formula is C14H18N2O2. The molecule has 1 aromatic rings. The van der Waals surface area contributed by atoms with Gasteiger partial charge in [0.05, 0.1) is 0 Å². The molecule has 2 rings (SSSR count). The molecule has 1 aliphatic rings. The molecule has 1 heterocycles. The van der Waals surface area contributed by atoms with Gasteiger partial charge in [0.2, 0.25) is 0 Å². The lowest BCUT2D eigenvalue weighted by Gasteiger charge is -2.33. The molecule has 1 fully saturated rings. The molecule has 1 saturated heterocycles. The van der Waals surface area contributed by atoms with E-state index in [2.05, 4.69) is 0 Å². The summed E-state index contributed by atoms with van der Waals surface area (Å²) in [7, 11) is 3.24. The van der Waals surface area contributed by atoms with Crippen LogP contribution in [0, 0.1) is 0 Å². The van der Waals surface area contributed by atoms with Crippen molar-refractivity contribution in [3.63, 3.8) is 0 Å². The van der Waals surface area contributed by atoms with Gasteiger partial charge in [-0.1, -0.05) is 43.7 Å². The average Bonchev–Trinajstić information content (AvgIpc) is 2.56. The van der Waals surface area contributed by atoms with Gasteiger partial charge < -0.3 is 4.90 Å². The molecule has 1 unspecified atom stereocenters. The summed E-state index contributed by atoms with van der Waals surface area (Å²) in [6.07, 6.45) is 1.48. The highest BCUT2D eigenvalue weighted by Crippen LogP contribution is 2.39. The summed E-state index contributed by atoms with van der Waals surface area (Å²) in [5, 5.41) is 0. The second-order valence-electron chi connectivity index (χ2n) is 4.68. The maximum Gasteiger partial charge on any atom is 0.327 e. The first-order valence-electron chi connectivity index (χ1n) is 6.17. The molecule has 0 aromatic heterocycles. The molecule has 3 amide bonds. The Balaban J connectivity index is 2.58. The van der Waals surface area contributed by atoms with E-state index in [1.54, 1.807) is 19.0 Å². The van der Waals surface area contributed by atoms with Gasteiger partial charge in [-0.3, -0.25) is 9.69 Å². The lowest BCUT2D eigenvalue weighted by Crippen LogP contribution is -2.44. The molecule has 0 radical (unpaired) electrons. The Morgan fingerprint density at radius 1 is 1.11 bits per heavy atom. The van der Waals surface area contributed by atoms with Gasteiger partial charge in [0, 0.05) is 14.1 Å². The van der Waals surface area contributed by atoms with Crippen molar-refractivity contribution in [2.45, 2.75) is 25.3 Å².